The maximum absolute atomic E-state index is 14.7. The number of H-pyrrole nitrogens is 1. The molecule has 2 saturated heterocycles. The van der Waals surface area contributed by atoms with E-state index in [-0.39, 0.29) is 30.0 Å². The van der Waals surface area contributed by atoms with Crippen LogP contribution in [0.2, 0.25) is 0 Å². The Bertz CT molecular complexity index is 2540. The molecule has 6 aromatic rings. The summed E-state index contributed by atoms with van der Waals surface area (Å²) in [4.78, 5) is 39.5. The third kappa shape index (κ3) is 4.65. The highest BCUT2D eigenvalue weighted by molar-refractivity contribution is 7.23. The highest BCUT2D eigenvalue weighted by Gasteiger charge is 2.65. The molecule has 262 valence electrons. The van der Waals surface area contributed by atoms with Gasteiger partial charge in [0, 0.05) is 40.7 Å². The van der Waals surface area contributed by atoms with Gasteiger partial charge in [-0.1, -0.05) is 12.1 Å². The molecule has 4 aromatic heterocycles. The van der Waals surface area contributed by atoms with E-state index in [2.05, 4.69) is 15.5 Å². The number of pyridine rings is 2. The van der Waals surface area contributed by atoms with Crippen LogP contribution < -0.4 is 15.8 Å². The van der Waals surface area contributed by atoms with Crippen molar-refractivity contribution in [1.29, 1.82) is 0 Å². The Morgan fingerprint density at radius 3 is 2.62 bits per heavy atom. The number of nitrogens with zero attached hydrogens (tertiary/aromatic N) is 4. The molecule has 3 fully saturated rings. The Labute approximate surface area is 297 Å². The molecule has 1 aliphatic carbocycles. The number of halogens is 3. The van der Waals surface area contributed by atoms with Crippen molar-refractivity contribution in [2.45, 2.75) is 50.6 Å². The van der Waals surface area contributed by atoms with Crippen molar-refractivity contribution in [2.24, 2.45) is 5.92 Å². The number of anilines is 1. The number of hydrogen-bond acceptors (Lipinski definition) is 9. The van der Waals surface area contributed by atoms with E-state index in [1.54, 1.807) is 12.1 Å². The van der Waals surface area contributed by atoms with Gasteiger partial charge in [-0.2, -0.15) is 0 Å². The highest BCUT2D eigenvalue weighted by atomic mass is 32.1. The molecular weight excluding hydrogens is 694 g/mol. The lowest BCUT2D eigenvalue weighted by Crippen LogP contribution is -2.40. The van der Waals surface area contributed by atoms with Gasteiger partial charge >= 0.3 is 5.76 Å². The molecule has 1 saturated carbocycles. The van der Waals surface area contributed by atoms with Crippen LogP contribution in [0.1, 0.15) is 63.9 Å². The quantitative estimate of drug-likeness (QED) is 0.177. The maximum atomic E-state index is 14.7. The Morgan fingerprint density at radius 1 is 1.00 bits per heavy atom. The molecule has 0 unspecified atom stereocenters. The molecule has 2 aromatic carbocycles. The van der Waals surface area contributed by atoms with Gasteiger partial charge in [-0.05, 0) is 79.8 Å². The molecule has 11 rings (SSSR count). The number of nitrogens with one attached hydrogen (secondary N) is 2. The summed E-state index contributed by atoms with van der Waals surface area (Å²) in [6, 6.07) is 11.8. The number of aromatic nitrogens is 4. The van der Waals surface area contributed by atoms with Crippen LogP contribution in [0, 0.1) is 30.3 Å². The fourth-order valence-electron chi connectivity index (χ4n) is 8.64. The molecule has 52 heavy (non-hydrogen) atoms. The van der Waals surface area contributed by atoms with E-state index in [4.69, 9.17) is 19.1 Å². The third-order valence-corrected chi connectivity index (χ3v) is 12.0. The summed E-state index contributed by atoms with van der Waals surface area (Å²) in [7, 11) is 0. The van der Waals surface area contributed by atoms with Crippen molar-refractivity contribution >= 4 is 33.1 Å². The summed E-state index contributed by atoms with van der Waals surface area (Å²) in [6.45, 7) is 2.76. The van der Waals surface area contributed by atoms with Crippen LogP contribution in [0.15, 0.2) is 57.7 Å². The minimum atomic E-state index is -0.760. The average Bonchev–Trinajstić information content (AvgIpc) is 3.92. The van der Waals surface area contributed by atoms with Crippen LogP contribution in [0.3, 0.4) is 0 Å². The molecular formula is C38H29F3N6O4S. The van der Waals surface area contributed by atoms with E-state index in [1.807, 2.05) is 24.0 Å². The van der Waals surface area contributed by atoms with Gasteiger partial charge < -0.3 is 19.4 Å². The van der Waals surface area contributed by atoms with E-state index >= 15 is 0 Å². The second-order valence-electron chi connectivity index (χ2n) is 14.1. The largest absolute Gasteiger partial charge is 0.490 e. The molecule has 8 heterocycles. The Balaban J connectivity index is 1.16. The van der Waals surface area contributed by atoms with Crippen LogP contribution in [0.5, 0.6) is 5.75 Å². The minimum absolute atomic E-state index is 0.0150. The molecule has 1 amide bonds. The molecule has 0 radical (unpaired) electrons. The maximum Gasteiger partial charge on any atom is 0.434 e. The second-order valence-corrected chi connectivity index (χ2v) is 15.1. The molecule has 5 aliphatic rings. The first-order valence-corrected chi connectivity index (χ1v) is 18.0. The van der Waals surface area contributed by atoms with Crippen LogP contribution in [0.25, 0.3) is 32.0 Å². The number of ether oxygens (including phenoxy) is 1. The number of thiophene rings is 1. The standard InChI is InChI=1S/C38H29F3N6O4S/c1-17-10-20-11-27(52-32(20)34(42-17)44-25-8-9-50-31-23(25)12-22(40)13-24(31)41)29-28(35-45-46-37(49)51-35)26(7-4-18-2-5-21(39)6-3-18)43-33-30(29)36(48)47-16-19-14-38(33,47)15-19/h2-3,5-6,10-13,19,25H,4,7-9,14-16H2,1H3,(H,42,44)(H,46,49)/t19?,25-,38?/m0/s1. The van der Waals surface area contributed by atoms with Gasteiger partial charge in [0.05, 0.1) is 45.4 Å². The Kier molecular flexibility index (Phi) is 6.76. The van der Waals surface area contributed by atoms with Crippen molar-refractivity contribution < 1.29 is 27.1 Å². The zero-order valence-corrected chi connectivity index (χ0v) is 28.5. The first-order chi connectivity index (χ1) is 25.1. The summed E-state index contributed by atoms with van der Waals surface area (Å²) in [5, 5.41) is 10.9. The first kappa shape index (κ1) is 31.3. The fourth-order valence-corrected chi connectivity index (χ4v) is 9.79. The zero-order valence-electron chi connectivity index (χ0n) is 27.7. The van der Waals surface area contributed by atoms with Crippen molar-refractivity contribution in [1.82, 2.24) is 25.1 Å². The molecule has 4 aliphatic heterocycles. The van der Waals surface area contributed by atoms with E-state index < -0.39 is 29.0 Å². The van der Waals surface area contributed by atoms with Crippen LogP contribution >= 0.6 is 11.3 Å². The summed E-state index contributed by atoms with van der Waals surface area (Å²) in [6.07, 6.45) is 3.04. The SMILES string of the molecule is Cc1cc2cc(-c3c4c(nc(CCc5ccc(F)cc5)c3-c3n[nH]c(=O)o3)C35CC(CN3C4=O)C5)sc2c(N[C@H]2CCOc3c(F)cc(F)cc32)n1. The molecule has 2 bridgehead atoms. The molecule has 2 N–H and O–H groups in total. The van der Waals surface area contributed by atoms with Gasteiger partial charge in [-0.25, -0.2) is 28.0 Å². The van der Waals surface area contributed by atoms with Gasteiger partial charge in [0.1, 0.15) is 17.5 Å². The van der Waals surface area contributed by atoms with Crippen molar-refractivity contribution in [3.63, 3.8) is 0 Å². The molecule has 1 atom stereocenters. The van der Waals surface area contributed by atoms with Gasteiger partial charge in [0.25, 0.3) is 11.8 Å². The summed E-state index contributed by atoms with van der Waals surface area (Å²) < 4.78 is 54.8. The smallest absolute Gasteiger partial charge is 0.434 e. The molecule has 1 spiro atoms. The number of rotatable bonds is 7. The van der Waals surface area contributed by atoms with E-state index in [1.165, 1.54) is 29.5 Å². The monoisotopic (exact) mass is 722 g/mol. The highest BCUT2D eigenvalue weighted by Crippen LogP contribution is 2.63. The average molecular weight is 723 g/mol. The number of carbonyl (C=O) groups is 1. The topological polar surface area (TPSA) is 126 Å². The normalized spacial score (nSPS) is 21.2. The predicted molar refractivity (Wildman–Crippen MR) is 186 cm³/mol. The van der Waals surface area contributed by atoms with E-state index in [0.717, 1.165) is 45.1 Å². The third-order valence-electron chi connectivity index (χ3n) is 10.8. The van der Waals surface area contributed by atoms with Gasteiger partial charge in [-0.3, -0.25) is 9.78 Å². The minimum Gasteiger partial charge on any atom is -0.490 e. The zero-order chi connectivity index (χ0) is 35.5. The number of benzene rings is 2. The molecule has 14 heteroatoms. The van der Waals surface area contributed by atoms with Gasteiger partial charge in [0.15, 0.2) is 11.6 Å². The number of hydrogen-bond donors (Lipinski definition) is 2. The number of carbonyl (C=O) groups excluding carboxylic acids is 1. The lowest BCUT2D eigenvalue weighted by Gasteiger charge is -2.37. The van der Waals surface area contributed by atoms with E-state index in [0.29, 0.717) is 71.2 Å². The number of fused-ring (bicyclic) bond motifs is 3. The fraction of sp³-hybridized carbons (Fsp3) is 0.289. The second kappa shape index (κ2) is 11.2. The lowest BCUT2D eigenvalue weighted by atomic mass is 9.71. The Hall–Kier alpha value is -5.50. The molecule has 10 nitrogen and oxygen atoms in total. The first-order valence-electron chi connectivity index (χ1n) is 17.1. The number of aryl methyl sites for hydroxylation is 3. The number of aromatic amines is 1. The summed E-state index contributed by atoms with van der Waals surface area (Å²) in [5.74, 6) is -1.66. The predicted octanol–water partition coefficient (Wildman–Crippen LogP) is 7.22. The van der Waals surface area contributed by atoms with Crippen molar-refractivity contribution in [3.05, 3.63) is 110 Å². The van der Waals surface area contributed by atoms with Gasteiger partial charge in [-0.15, -0.1) is 16.4 Å². The lowest BCUT2D eigenvalue weighted by molar-refractivity contribution is 0.0637. The Morgan fingerprint density at radius 2 is 1.83 bits per heavy atom. The van der Waals surface area contributed by atoms with Crippen molar-refractivity contribution in [3.8, 4) is 27.6 Å². The van der Waals surface area contributed by atoms with E-state index in [9.17, 15) is 22.8 Å². The van der Waals surface area contributed by atoms with Crippen LogP contribution in [-0.2, 0) is 18.4 Å². The summed E-state index contributed by atoms with van der Waals surface area (Å²) >= 11 is 1.41. The number of amides is 1. The summed E-state index contributed by atoms with van der Waals surface area (Å²) in [5.41, 5.74) is 4.33. The van der Waals surface area contributed by atoms with Crippen LogP contribution in [-0.4, -0.2) is 44.1 Å². The van der Waals surface area contributed by atoms with Crippen molar-refractivity contribution in [2.75, 3.05) is 18.5 Å². The van der Waals surface area contributed by atoms with Gasteiger partial charge in [0.2, 0.25) is 0 Å². The van der Waals surface area contributed by atoms with Crippen LogP contribution in [0.4, 0.5) is 19.0 Å².